The molecule has 0 saturated heterocycles. The maximum atomic E-state index is 5.46. The van der Waals surface area contributed by atoms with Gasteiger partial charge < -0.3 is 14.5 Å². The molecule has 1 aliphatic carbocycles. The largest absolute Gasteiger partial charge is 0.331 e. The van der Waals surface area contributed by atoms with Gasteiger partial charge in [0.25, 0.3) is 0 Å². The quantitative estimate of drug-likeness (QED) is 0.826. The summed E-state index contributed by atoms with van der Waals surface area (Å²) in [5.74, 6) is 0. The molecule has 0 spiro atoms. The monoisotopic (exact) mass is 353 g/mol. The Hall–Kier alpha value is -0.650. The number of hydrogen-bond donors (Lipinski definition) is 1. The summed E-state index contributed by atoms with van der Waals surface area (Å²) in [6.45, 7) is 2.01. The molecule has 0 amide bonds. The van der Waals surface area contributed by atoms with Crippen molar-refractivity contribution >= 4 is 39.2 Å². The summed E-state index contributed by atoms with van der Waals surface area (Å²) >= 11 is 8.96. The fourth-order valence-corrected chi connectivity index (χ4v) is 3.80. The SMILES string of the molecule is CN(CCn1c(=S)[nH]c2cc(Br)ccc21)C1CCCC1. The first-order chi connectivity index (χ1) is 9.65. The molecule has 0 atom stereocenters. The lowest BCUT2D eigenvalue weighted by molar-refractivity contribution is 0.237. The van der Waals surface area contributed by atoms with Crippen LogP contribution in [0.25, 0.3) is 11.0 Å². The van der Waals surface area contributed by atoms with Crippen molar-refractivity contribution in [2.75, 3.05) is 13.6 Å². The number of rotatable bonds is 4. The van der Waals surface area contributed by atoms with Crippen molar-refractivity contribution in [1.29, 1.82) is 0 Å². The standard InChI is InChI=1S/C15H20BrN3S/c1-18(12-4-2-3-5-12)8-9-19-14-7-6-11(16)10-13(14)17-15(19)20/h6-7,10,12H,2-5,8-9H2,1H3,(H,17,20). The van der Waals surface area contributed by atoms with Gasteiger partial charge in [-0.25, -0.2) is 0 Å². The van der Waals surface area contributed by atoms with E-state index in [4.69, 9.17) is 12.2 Å². The van der Waals surface area contributed by atoms with Crippen LogP contribution in [0.5, 0.6) is 0 Å². The highest BCUT2D eigenvalue weighted by atomic mass is 79.9. The van der Waals surface area contributed by atoms with Crippen LogP contribution in [0.2, 0.25) is 0 Å². The molecule has 1 aromatic carbocycles. The lowest BCUT2D eigenvalue weighted by Gasteiger charge is -2.24. The van der Waals surface area contributed by atoms with Crippen molar-refractivity contribution in [1.82, 2.24) is 14.5 Å². The van der Waals surface area contributed by atoms with E-state index in [0.29, 0.717) is 0 Å². The Labute approximate surface area is 133 Å². The smallest absolute Gasteiger partial charge is 0.178 e. The summed E-state index contributed by atoms with van der Waals surface area (Å²) in [4.78, 5) is 5.78. The summed E-state index contributed by atoms with van der Waals surface area (Å²) in [5.41, 5.74) is 2.30. The molecule has 20 heavy (non-hydrogen) atoms. The molecule has 3 nitrogen and oxygen atoms in total. The zero-order valence-corrected chi connectivity index (χ0v) is 14.1. The molecule has 1 heterocycles. The summed E-state index contributed by atoms with van der Waals surface area (Å²) in [5, 5.41) is 0. The molecule has 0 radical (unpaired) electrons. The van der Waals surface area contributed by atoms with Gasteiger partial charge in [-0.1, -0.05) is 28.8 Å². The highest BCUT2D eigenvalue weighted by Gasteiger charge is 2.19. The minimum absolute atomic E-state index is 0.767. The van der Waals surface area contributed by atoms with Crippen LogP contribution in [-0.4, -0.2) is 34.1 Å². The lowest BCUT2D eigenvalue weighted by atomic mass is 10.2. The third kappa shape index (κ3) is 2.85. The van der Waals surface area contributed by atoms with Crippen LogP contribution in [0, 0.1) is 4.77 Å². The second-order valence-corrected chi connectivity index (χ2v) is 6.96. The van der Waals surface area contributed by atoms with E-state index in [1.54, 1.807) is 0 Å². The van der Waals surface area contributed by atoms with E-state index in [0.717, 1.165) is 33.9 Å². The second-order valence-electron chi connectivity index (χ2n) is 5.66. The number of nitrogens with one attached hydrogen (secondary N) is 1. The molecule has 1 aromatic heterocycles. The van der Waals surface area contributed by atoms with E-state index in [1.807, 2.05) is 0 Å². The molecular weight excluding hydrogens is 334 g/mol. The van der Waals surface area contributed by atoms with Crippen LogP contribution in [-0.2, 0) is 6.54 Å². The first-order valence-electron chi connectivity index (χ1n) is 7.23. The van der Waals surface area contributed by atoms with Crippen LogP contribution in [0.3, 0.4) is 0 Å². The second kappa shape index (κ2) is 6.00. The number of hydrogen-bond acceptors (Lipinski definition) is 2. The number of likely N-dealkylation sites (N-methyl/N-ethyl adjacent to an activating group) is 1. The lowest BCUT2D eigenvalue weighted by Crippen LogP contribution is -2.32. The Morgan fingerprint density at radius 2 is 2.15 bits per heavy atom. The van der Waals surface area contributed by atoms with Gasteiger partial charge in [0, 0.05) is 23.6 Å². The van der Waals surface area contributed by atoms with Crippen molar-refractivity contribution in [3.63, 3.8) is 0 Å². The molecule has 108 valence electrons. The van der Waals surface area contributed by atoms with E-state index in [-0.39, 0.29) is 0 Å². The van der Waals surface area contributed by atoms with Crippen LogP contribution in [0.4, 0.5) is 0 Å². The van der Waals surface area contributed by atoms with Gasteiger partial charge in [0.15, 0.2) is 4.77 Å². The Balaban J connectivity index is 1.77. The van der Waals surface area contributed by atoms with E-state index >= 15 is 0 Å². The van der Waals surface area contributed by atoms with Crippen LogP contribution in [0.1, 0.15) is 25.7 Å². The maximum Gasteiger partial charge on any atom is 0.178 e. The molecule has 0 aliphatic heterocycles. The Morgan fingerprint density at radius 3 is 2.90 bits per heavy atom. The van der Waals surface area contributed by atoms with E-state index < -0.39 is 0 Å². The predicted octanol–water partition coefficient (Wildman–Crippen LogP) is 4.34. The van der Waals surface area contributed by atoms with Gasteiger partial charge >= 0.3 is 0 Å². The van der Waals surface area contributed by atoms with Crippen LogP contribution >= 0.6 is 28.1 Å². The number of aromatic nitrogens is 2. The van der Waals surface area contributed by atoms with Crippen LogP contribution < -0.4 is 0 Å². The van der Waals surface area contributed by atoms with Gasteiger partial charge in [0.2, 0.25) is 0 Å². The number of nitrogens with zero attached hydrogens (tertiary/aromatic N) is 2. The molecule has 1 saturated carbocycles. The number of imidazole rings is 1. The number of H-pyrrole nitrogens is 1. The Morgan fingerprint density at radius 1 is 1.40 bits per heavy atom. The van der Waals surface area contributed by atoms with E-state index in [1.165, 1.54) is 31.2 Å². The van der Waals surface area contributed by atoms with Gasteiger partial charge in [-0.3, -0.25) is 0 Å². The summed E-state index contributed by atoms with van der Waals surface area (Å²) in [6, 6.07) is 7.05. The fraction of sp³-hybridized carbons (Fsp3) is 0.533. The van der Waals surface area contributed by atoms with E-state index in [9.17, 15) is 0 Å². The predicted molar refractivity (Wildman–Crippen MR) is 89.7 cm³/mol. The average Bonchev–Trinajstić information content (AvgIpc) is 3.03. The number of halogens is 1. The first-order valence-corrected chi connectivity index (χ1v) is 8.43. The van der Waals surface area contributed by atoms with Crippen LogP contribution in [0.15, 0.2) is 22.7 Å². The molecular formula is C15H20BrN3S. The third-order valence-corrected chi connectivity index (χ3v) is 5.18. The highest BCUT2D eigenvalue weighted by molar-refractivity contribution is 9.10. The third-order valence-electron chi connectivity index (χ3n) is 4.36. The summed E-state index contributed by atoms with van der Waals surface area (Å²) in [6.07, 6.45) is 5.47. The Bertz CT molecular complexity index is 655. The van der Waals surface area contributed by atoms with Crippen molar-refractivity contribution in [2.45, 2.75) is 38.3 Å². The molecule has 1 N–H and O–H groups in total. The molecule has 2 aromatic rings. The fourth-order valence-electron chi connectivity index (χ4n) is 3.14. The average molecular weight is 354 g/mol. The van der Waals surface area contributed by atoms with Crippen molar-refractivity contribution in [2.24, 2.45) is 0 Å². The number of aromatic amines is 1. The zero-order chi connectivity index (χ0) is 14.1. The van der Waals surface area contributed by atoms with Crippen molar-refractivity contribution < 1.29 is 0 Å². The van der Waals surface area contributed by atoms with Gasteiger partial charge in [-0.15, -0.1) is 0 Å². The van der Waals surface area contributed by atoms with Gasteiger partial charge in [0.05, 0.1) is 11.0 Å². The first kappa shape index (κ1) is 14.3. The van der Waals surface area contributed by atoms with Gasteiger partial charge in [-0.2, -0.15) is 0 Å². The van der Waals surface area contributed by atoms with Gasteiger partial charge in [0.1, 0.15) is 0 Å². The van der Waals surface area contributed by atoms with Gasteiger partial charge in [-0.05, 0) is 50.3 Å². The van der Waals surface area contributed by atoms with Crippen molar-refractivity contribution in [3.8, 4) is 0 Å². The summed E-state index contributed by atoms with van der Waals surface area (Å²) < 4.78 is 4.11. The normalized spacial score (nSPS) is 16.6. The van der Waals surface area contributed by atoms with Crippen molar-refractivity contribution in [3.05, 3.63) is 27.4 Å². The maximum absolute atomic E-state index is 5.46. The summed E-state index contributed by atoms with van der Waals surface area (Å²) in [7, 11) is 2.24. The Kier molecular flexibility index (Phi) is 4.29. The topological polar surface area (TPSA) is 24.0 Å². The molecule has 0 bridgehead atoms. The molecule has 1 aliphatic rings. The number of fused-ring (bicyclic) bond motifs is 1. The number of benzene rings is 1. The van der Waals surface area contributed by atoms with E-state index in [2.05, 4.69) is 55.6 Å². The molecule has 1 fully saturated rings. The highest BCUT2D eigenvalue weighted by Crippen LogP contribution is 2.23. The minimum Gasteiger partial charge on any atom is -0.331 e. The minimum atomic E-state index is 0.767. The zero-order valence-electron chi connectivity index (χ0n) is 11.7. The molecule has 0 unspecified atom stereocenters. The molecule has 5 heteroatoms. The molecule has 3 rings (SSSR count).